The number of aromatic amines is 1. The minimum absolute atomic E-state index is 0.0444. The van der Waals surface area contributed by atoms with E-state index in [2.05, 4.69) is 15.5 Å². The number of aromatic nitrogens is 2. The average Bonchev–Trinajstić information content (AvgIpc) is 3.15. The second kappa shape index (κ2) is 8.01. The third kappa shape index (κ3) is 4.51. The number of esters is 1. The molecule has 0 unspecified atom stereocenters. The molecule has 1 atom stereocenters. The molecule has 0 aliphatic heterocycles. The van der Waals surface area contributed by atoms with Crippen LogP contribution in [-0.4, -0.2) is 28.2 Å². The lowest BCUT2D eigenvalue weighted by atomic mass is 10.1. The first-order valence-corrected chi connectivity index (χ1v) is 8.39. The maximum absolute atomic E-state index is 13.1. The molecule has 1 amide bonds. The Hall–Kier alpha value is -3.19. The fourth-order valence-corrected chi connectivity index (χ4v) is 2.50. The number of H-pyrrole nitrogens is 1. The number of nitrogens with zero attached hydrogens (tertiary/aromatic N) is 1. The Labute approximate surface area is 159 Å². The fourth-order valence-electron chi connectivity index (χ4n) is 2.29. The number of carbonyl (C=O) groups excluding carboxylic acids is 2. The molecule has 2 aromatic carbocycles. The van der Waals surface area contributed by atoms with Crippen LogP contribution in [0.3, 0.4) is 0 Å². The standard InChI is InChI=1S/C19H15ClFN3O3/c1-11(18(25)22-15-8-7-13(21)9-14(15)20)27-19(26)17-10-16(23-24-17)12-5-3-2-4-6-12/h2-11H,1H3,(H,22,25)(H,23,24)/t11-/m0/s1. The lowest BCUT2D eigenvalue weighted by Crippen LogP contribution is -2.30. The van der Waals surface area contributed by atoms with Crippen molar-refractivity contribution in [3.63, 3.8) is 0 Å². The summed E-state index contributed by atoms with van der Waals surface area (Å²) in [6, 6.07) is 14.4. The van der Waals surface area contributed by atoms with Crippen molar-refractivity contribution in [3.05, 3.63) is 71.1 Å². The molecule has 0 aliphatic carbocycles. The summed E-state index contributed by atoms with van der Waals surface area (Å²) in [5, 5.41) is 9.19. The van der Waals surface area contributed by atoms with Crippen LogP contribution < -0.4 is 5.32 Å². The van der Waals surface area contributed by atoms with Crippen molar-refractivity contribution >= 4 is 29.2 Å². The zero-order chi connectivity index (χ0) is 19.4. The summed E-state index contributed by atoms with van der Waals surface area (Å²) in [7, 11) is 0. The molecule has 0 saturated carbocycles. The normalized spacial score (nSPS) is 11.7. The summed E-state index contributed by atoms with van der Waals surface area (Å²) >= 11 is 5.87. The maximum Gasteiger partial charge on any atom is 0.357 e. The Morgan fingerprint density at radius 3 is 2.63 bits per heavy atom. The minimum atomic E-state index is -1.10. The molecule has 2 N–H and O–H groups in total. The third-order valence-electron chi connectivity index (χ3n) is 3.71. The molecule has 3 aromatic rings. The van der Waals surface area contributed by atoms with E-state index in [1.54, 1.807) is 6.07 Å². The van der Waals surface area contributed by atoms with Crippen molar-refractivity contribution < 1.29 is 18.7 Å². The van der Waals surface area contributed by atoms with E-state index in [-0.39, 0.29) is 16.4 Å². The monoisotopic (exact) mass is 387 g/mol. The summed E-state index contributed by atoms with van der Waals surface area (Å²) in [6.45, 7) is 1.42. The molecule has 0 radical (unpaired) electrons. The molecular weight excluding hydrogens is 373 g/mol. The summed E-state index contributed by atoms with van der Waals surface area (Å²) in [5.41, 5.74) is 1.76. The van der Waals surface area contributed by atoms with Gasteiger partial charge in [0.1, 0.15) is 11.5 Å². The van der Waals surface area contributed by atoms with Gasteiger partial charge in [-0.1, -0.05) is 41.9 Å². The number of ether oxygens (including phenoxy) is 1. The summed E-state index contributed by atoms with van der Waals surface area (Å²) < 4.78 is 18.2. The maximum atomic E-state index is 13.1. The highest BCUT2D eigenvalue weighted by Crippen LogP contribution is 2.23. The number of rotatable bonds is 5. The minimum Gasteiger partial charge on any atom is -0.448 e. The van der Waals surface area contributed by atoms with Crippen LogP contribution >= 0.6 is 11.6 Å². The second-order valence-corrected chi connectivity index (χ2v) is 6.10. The first kappa shape index (κ1) is 18.6. The molecule has 1 heterocycles. The molecule has 0 bridgehead atoms. The van der Waals surface area contributed by atoms with Crippen LogP contribution in [0, 0.1) is 5.82 Å². The van der Waals surface area contributed by atoms with Gasteiger partial charge in [-0.25, -0.2) is 9.18 Å². The number of anilines is 1. The lowest BCUT2D eigenvalue weighted by molar-refractivity contribution is -0.123. The van der Waals surface area contributed by atoms with Gasteiger partial charge in [-0.05, 0) is 31.2 Å². The number of hydrogen-bond acceptors (Lipinski definition) is 4. The molecule has 0 aliphatic rings. The van der Waals surface area contributed by atoms with E-state index in [0.29, 0.717) is 5.69 Å². The molecule has 0 saturated heterocycles. The smallest absolute Gasteiger partial charge is 0.357 e. The highest BCUT2D eigenvalue weighted by molar-refractivity contribution is 6.33. The Balaban J connectivity index is 1.63. The van der Waals surface area contributed by atoms with Crippen molar-refractivity contribution in [1.82, 2.24) is 10.2 Å². The van der Waals surface area contributed by atoms with Gasteiger partial charge in [0.25, 0.3) is 5.91 Å². The van der Waals surface area contributed by atoms with Crippen LogP contribution in [0.2, 0.25) is 5.02 Å². The zero-order valence-electron chi connectivity index (χ0n) is 14.2. The van der Waals surface area contributed by atoms with Crippen molar-refractivity contribution in [2.75, 3.05) is 5.32 Å². The van der Waals surface area contributed by atoms with Crippen LogP contribution in [0.15, 0.2) is 54.6 Å². The van der Waals surface area contributed by atoms with Crippen LogP contribution in [0.4, 0.5) is 10.1 Å². The zero-order valence-corrected chi connectivity index (χ0v) is 15.0. The van der Waals surface area contributed by atoms with Crippen molar-refractivity contribution in [2.45, 2.75) is 13.0 Å². The van der Waals surface area contributed by atoms with Gasteiger partial charge in [0.15, 0.2) is 6.10 Å². The van der Waals surface area contributed by atoms with Gasteiger partial charge < -0.3 is 10.1 Å². The van der Waals surface area contributed by atoms with Gasteiger partial charge in [-0.15, -0.1) is 0 Å². The van der Waals surface area contributed by atoms with Crippen LogP contribution in [0.5, 0.6) is 0 Å². The van der Waals surface area contributed by atoms with Crippen molar-refractivity contribution in [2.24, 2.45) is 0 Å². The molecule has 0 spiro atoms. The lowest BCUT2D eigenvalue weighted by Gasteiger charge is -2.13. The fraction of sp³-hybridized carbons (Fsp3) is 0.105. The molecule has 0 fully saturated rings. The Morgan fingerprint density at radius 1 is 1.19 bits per heavy atom. The summed E-state index contributed by atoms with van der Waals surface area (Å²) in [4.78, 5) is 24.4. The largest absolute Gasteiger partial charge is 0.448 e. The van der Waals surface area contributed by atoms with Crippen molar-refractivity contribution in [3.8, 4) is 11.3 Å². The van der Waals surface area contributed by atoms with E-state index in [4.69, 9.17) is 16.3 Å². The molecule has 1 aromatic heterocycles. The second-order valence-electron chi connectivity index (χ2n) is 5.69. The van der Waals surface area contributed by atoms with Gasteiger partial charge in [-0.3, -0.25) is 9.89 Å². The highest BCUT2D eigenvalue weighted by atomic mass is 35.5. The van der Waals surface area contributed by atoms with Crippen molar-refractivity contribution in [1.29, 1.82) is 0 Å². The number of hydrogen-bond donors (Lipinski definition) is 2. The predicted octanol–water partition coefficient (Wildman–Crippen LogP) is 4.05. The van der Waals surface area contributed by atoms with E-state index in [1.807, 2.05) is 30.3 Å². The number of amides is 1. The Kier molecular flexibility index (Phi) is 5.52. The molecule has 8 heteroatoms. The van der Waals surface area contributed by atoms with Gasteiger partial charge in [0.2, 0.25) is 0 Å². The number of carbonyl (C=O) groups is 2. The quantitative estimate of drug-likeness (QED) is 0.647. The number of benzene rings is 2. The number of nitrogens with one attached hydrogen (secondary N) is 2. The molecule has 6 nitrogen and oxygen atoms in total. The topological polar surface area (TPSA) is 84.1 Å². The Morgan fingerprint density at radius 2 is 1.93 bits per heavy atom. The highest BCUT2D eigenvalue weighted by Gasteiger charge is 2.21. The molecule has 138 valence electrons. The Bertz CT molecular complexity index is 975. The SMILES string of the molecule is C[C@H](OC(=O)c1cc(-c2ccccc2)n[nH]1)C(=O)Nc1ccc(F)cc1Cl. The number of halogens is 2. The van der Waals surface area contributed by atoms with Gasteiger partial charge in [0.05, 0.1) is 16.4 Å². The molecule has 3 rings (SSSR count). The molecule has 27 heavy (non-hydrogen) atoms. The van der Waals surface area contributed by atoms with Crippen LogP contribution in [0.1, 0.15) is 17.4 Å². The predicted molar refractivity (Wildman–Crippen MR) is 98.9 cm³/mol. The third-order valence-corrected chi connectivity index (χ3v) is 4.02. The summed E-state index contributed by atoms with van der Waals surface area (Å²) in [6.07, 6.45) is -1.10. The van der Waals surface area contributed by atoms with E-state index in [0.717, 1.165) is 17.7 Å². The van der Waals surface area contributed by atoms with Gasteiger partial charge in [-0.2, -0.15) is 5.10 Å². The average molecular weight is 388 g/mol. The molecular formula is C19H15ClFN3O3. The summed E-state index contributed by atoms with van der Waals surface area (Å²) in [5.74, 6) is -1.84. The van der Waals surface area contributed by atoms with Crippen LogP contribution in [-0.2, 0) is 9.53 Å². The van der Waals surface area contributed by atoms with E-state index >= 15 is 0 Å². The first-order valence-electron chi connectivity index (χ1n) is 8.02. The van der Waals surface area contributed by atoms with E-state index < -0.39 is 23.8 Å². The van der Waals surface area contributed by atoms with E-state index in [1.165, 1.54) is 13.0 Å². The first-order chi connectivity index (χ1) is 12.9. The van der Waals surface area contributed by atoms with Gasteiger partial charge in [0, 0.05) is 5.56 Å². The van der Waals surface area contributed by atoms with E-state index in [9.17, 15) is 14.0 Å². The van der Waals surface area contributed by atoms with Crippen LogP contribution in [0.25, 0.3) is 11.3 Å². The van der Waals surface area contributed by atoms with Gasteiger partial charge >= 0.3 is 5.97 Å².